The van der Waals surface area contributed by atoms with Gasteiger partial charge in [-0.1, -0.05) is 23.7 Å². The number of benzene rings is 2. The summed E-state index contributed by atoms with van der Waals surface area (Å²) in [6.07, 6.45) is 0.405. The number of hydrogen-bond donors (Lipinski definition) is 2. The second-order valence-electron chi connectivity index (χ2n) is 5.39. The number of amides is 1. The number of rotatable bonds is 7. The lowest BCUT2D eigenvalue weighted by Crippen LogP contribution is -2.46. The van der Waals surface area contributed by atoms with Gasteiger partial charge in [0, 0.05) is 10.4 Å². The molecular formula is C18H16ClN3O4S. The van der Waals surface area contributed by atoms with Gasteiger partial charge in [-0.05, 0) is 55.0 Å². The summed E-state index contributed by atoms with van der Waals surface area (Å²) in [5.74, 6) is -0.301. The number of nitrogens with zero attached hydrogens (tertiary/aromatic N) is 1. The third-order valence-electron chi connectivity index (χ3n) is 3.29. The lowest BCUT2D eigenvalue weighted by atomic mass is 10.2. The molecule has 1 amide bonds. The first kappa shape index (κ1) is 20.5. The van der Waals surface area contributed by atoms with E-state index >= 15 is 0 Å². The van der Waals surface area contributed by atoms with Gasteiger partial charge >= 0.3 is 0 Å². The molecule has 9 heteroatoms. The maximum atomic E-state index is 12.0. The van der Waals surface area contributed by atoms with Crippen molar-refractivity contribution in [2.75, 3.05) is 0 Å². The molecule has 0 heterocycles. The van der Waals surface area contributed by atoms with E-state index in [0.29, 0.717) is 21.9 Å². The van der Waals surface area contributed by atoms with Crippen molar-refractivity contribution in [3.05, 3.63) is 70.1 Å². The van der Waals surface area contributed by atoms with Gasteiger partial charge in [-0.25, -0.2) is 8.42 Å². The average Bonchev–Trinajstić information content (AvgIpc) is 2.66. The number of halogens is 1. The molecule has 2 rings (SSSR count). The third-order valence-corrected chi connectivity index (χ3v) is 4.42. The van der Waals surface area contributed by atoms with E-state index in [1.54, 1.807) is 48.5 Å². The SMILES string of the molecule is C[C@H](Oc1ccc(C#N)cc1)C(=O)NNS(=O)(=O)/C=C/c1ccc(Cl)cc1. The molecule has 2 aromatic carbocycles. The summed E-state index contributed by atoms with van der Waals surface area (Å²) in [5, 5.41) is 10.2. The molecule has 0 aliphatic carbocycles. The van der Waals surface area contributed by atoms with Gasteiger partial charge in [0.25, 0.3) is 15.9 Å². The fourth-order valence-corrected chi connectivity index (χ4v) is 2.64. The number of nitriles is 1. The molecule has 0 fully saturated rings. The molecule has 0 unspecified atom stereocenters. The number of ether oxygens (including phenoxy) is 1. The van der Waals surface area contributed by atoms with Crippen molar-refractivity contribution in [1.29, 1.82) is 5.26 Å². The minimum Gasteiger partial charge on any atom is -0.481 e. The van der Waals surface area contributed by atoms with Crippen LogP contribution in [0.4, 0.5) is 0 Å². The number of sulfonamides is 1. The van der Waals surface area contributed by atoms with E-state index in [-0.39, 0.29) is 0 Å². The minimum absolute atomic E-state index is 0.377. The second kappa shape index (κ2) is 9.19. The largest absolute Gasteiger partial charge is 0.481 e. The highest BCUT2D eigenvalue weighted by atomic mass is 35.5. The number of carbonyl (C=O) groups is 1. The van der Waals surface area contributed by atoms with Crippen LogP contribution in [0.15, 0.2) is 53.9 Å². The Morgan fingerprint density at radius 3 is 2.41 bits per heavy atom. The summed E-state index contributed by atoms with van der Waals surface area (Å²) >= 11 is 5.76. The van der Waals surface area contributed by atoms with E-state index < -0.39 is 22.0 Å². The van der Waals surface area contributed by atoms with Crippen LogP contribution in [-0.4, -0.2) is 20.4 Å². The normalized spacial score (nSPS) is 12.3. The second-order valence-corrected chi connectivity index (χ2v) is 7.39. The Hall–Kier alpha value is -2.86. The van der Waals surface area contributed by atoms with Gasteiger partial charge in [-0.15, -0.1) is 4.83 Å². The van der Waals surface area contributed by atoms with Crippen LogP contribution in [-0.2, 0) is 14.8 Å². The van der Waals surface area contributed by atoms with Crippen LogP contribution in [0, 0.1) is 11.3 Å². The summed E-state index contributed by atoms with van der Waals surface area (Å²) in [4.78, 5) is 13.9. The predicted octanol–water partition coefficient (Wildman–Crippen LogP) is 2.60. The van der Waals surface area contributed by atoms with Gasteiger partial charge in [0.1, 0.15) is 5.75 Å². The Kier molecular flexibility index (Phi) is 6.96. The van der Waals surface area contributed by atoms with E-state index in [1.165, 1.54) is 13.0 Å². The van der Waals surface area contributed by atoms with Crippen LogP contribution in [0.1, 0.15) is 18.1 Å². The van der Waals surface area contributed by atoms with Gasteiger partial charge in [-0.2, -0.15) is 5.26 Å². The van der Waals surface area contributed by atoms with Crippen LogP contribution < -0.4 is 15.0 Å². The summed E-state index contributed by atoms with van der Waals surface area (Å²) < 4.78 is 29.2. The van der Waals surface area contributed by atoms with Crippen molar-refractivity contribution in [2.24, 2.45) is 0 Å². The standard InChI is InChI=1S/C18H16ClN3O4S/c1-13(26-17-8-4-15(12-20)5-9-17)18(23)21-22-27(24,25)11-10-14-2-6-16(19)7-3-14/h2-11,13,22H,1H3,(H,21,23)/b11-10+/t13-/m0/s1. The van der Waals surface area contributed by atoms with Crippen LogP contribution in [0.3, 0.4) is 0 Å². The molecule has 2 N–H and O–H groups in total. The van der Waals surface area contributed by atoms with Gasteiger partial charge in [0.05, 0.1) is 11.6 Å². The van der Waals surface area contributed by atoms with E-state index in [0.717, 1.165) is 5.41 Å². The van der Waals surface area contributed by atoms with Crippen molar-refractivity contribution >= 4 is 33.6 Å². The molecule has 0 radical (unpaired) electrons. The first-order valence-corrected chi connectivity index (χ1v) is 9.63. The zero-order valence-corrected chi connectivity index (χ0v) is 15.8. The number of hydrogen-bond acceptors (Lipinski definition) is 5. The van der Waals surface area contributed by atoms with E-state index in [1.807, 2.05) is 10.9 Å². The highest BCUT2D eigenvalue weighted by Gasteiger charge is 2.16. The van der Waals surface area contributed by atoms with E-state index in [4.69, 9.17) is 21.6 Å². The fourth-order valence-electron chi connectivity index (χ4n) is 1.86. The van der Waals surface area contributed by atoms with Gasteiger partial charge < -0.3 is 4.74 Å². The molecule has 0 saturated heterocycles. The van der Waals surface area contributed by atoms with Gasteiger partial charge in [0.2, 0.25) is 0 Å². The van der Waals surface area contributed by atoms with Crippen molar-refractivity contribution in [3.8, 4) is 11.8 Å². The quantitative estimate of drug-likeness (QED) is 0.688. The average molecular weight is 406 g/mol. The van der Waals surface area contributed by atoms with E-state index in [9.17, 15) is 13.2 Å². The molecule has 7 nitrogen and oxygen atoms in total. The summed E-state index contributed by atoms with van der Waals surface area (Å²) in [6, 6.07) is 14.7. The first-order chi connectivity index (χ1) is 12.8. The van der Waals surface area contributed by atoms with Crippen LogP contribution in [0.2, 0.25) is 5.02 Å². The number of carbonyl (C=O) groups excluding carboxylic acids is 1. The Morgan fingerprint density at radius 2 is 1.81 bits per heavy atom. The Balaban J connectivity index is 1.88. The van der Waals surface area contributed by atoms with Crippen LogP contribution >= 0.6 is 11.6 Å². The molecule has 2 aromatic rings. The van der Waals surface area contributed by atoms with E-state index in [2.05, 4.69) is 5.43 Å². The molecule has 1 atom stereocenters. The molecule has 0 aliphatic heterocycles. The van der Waals surface area contributed by atoms with Crippen LogP contribution in [0.25, 0.3) is 6.08 Å². The maximum Gasteiger partial charge on any atom is 0.275 e. The number of hydrazine groups is 1. The minimum atomic E-state index is -3.89. The maximum absolute atomic E-state index is 12.0. The van der Waals surface area contributed by atoms with Gasteiger partial charge in [0.15, 0.2) is 6.10 Å². The molecule has 0 saturated carbocycles. The zero-order chi connectivity index (χ0) is 19.9. The van der Waals surface area contributed by atoms with Crippen molar-refractivity contribution < 1.29 is 17.9 Å². The fraction of sp³-hybridized carbons (Fsp3) is 0.111. The zero-order valence-electron chi connectivity index (χ0n) is 14.2. The molecule has 0 spiro atoms. The highest BCUT2D eigenvalue weighted by Crippen LogP contribution is 2.13. The van der Waals surface area contributed by atoms with Crippen molar-refractivity contribution in [1.82, 2.24) is 10.3 Å². The van der Waals surface area contributed by atoms with Crippen molar-refractivity contribution in [3.63, 3.8) is 0 Å². The summed E-state index contributed by atoms with van der Waals surface area (Å²) in [5.41, 5.74) is 3.18. The molecule has 140 valence electrons. The molecule has 0 aromatic heterocycles. The Labute approximate surface area is 162 Å². The molecule has 0 aliphatic rings. The van der Waals surface area contributed by atoms with Gasteiger partial charge in [-0.3, -0.25) is 10.2 Å². The van der Waals surface area contributed by atoms with Crippen LogP contribution in [0.5, 0.6) is 5.75 Å². The molecule has 0 bridgehead atoms. The lowest BCUT2D eigenvalue weighted by molar-refractivity contribution is -0.127. The topological polar surface area (TPSA) is 108 Å². The Morgan fingerprint density at radius 1 is 1.19 bits per heavy atom. The summed E-state index contributed by atoms with van der Waals surface area (Å²) in [7, 11) is -3.89. The summed E-state index contributed by atoms with van der Waals surface area (Å²) in [6.45, 7) is 1.46. The smallest absolute Gasteiger partial charge is 0.275 e. The lowest BCUT2D eigenvalue weighted by Gasteiger charge is -2.14. The molecule has 27 heavy (non-hydrogen) atoms. The highest BCUT2D eigenvalue weighted by molar-refractivity contribution is 7.92. The third kappa shape index (κ3) is 6.75. The number of nitrogens with one attached hydrogen (secondary N) is 2. The Bertz CT molecular complexity index is 965. The monoisotopic (exact) mass is 405 g/mol. The molecular weight excluding hydrogens is 390 g/mol. The van der Waals surface area contributed by atoms with Crippen molar-refractivity contribution in [2.45, 2.75) is 13.0 Å². The first-order valence-electron chi connectivity index (χ1n) is 7.71. The predicted molar refractivity (Wildman–Crippen MR) is 102 cm³/mol.